The maximum absolute atomic E-state index is 13.6. The second-order valence-electron chi connectivity index (χ2n) is 9.14. The topological polar surface area (TPSA) is 59.5 Å². The van der Waals surface area contributed by atoms with E-state index in [9.17, 15) is 4.39 Å². The molecular formula is C25H24ClFN4O2. The summed E-state index contributed by atoms with van der Waals surface area (Å²) < 4.78 is 24.5. The minimum absolute atomic E-state index is 0.312. The Kier molecular flexibility index (Phi) is 5.31. The SMILES string of the molecule is Fc1ccc(Cl)c(-c2ccc(N[C@H]3CC4CN(Cc5ccc6c(c5)OCO6)C[C@@H]4C3)nn2)c1. The Labute approximate surface area is 196 Å². The van der Waals surface area contributed by atoms with Crippen molar-refractivity contribution >= 4 is 17.4 Å². The normalized spacial score (nSPS) is 23.6. The van der Waals surface area contributed by atoms with Gasteiger partial charge in [0.1, 0.15) is 11.6 Å². The van der Waals surface area contributed by atoms with Crippen molar-refractivity contribution in [2.75, 3.05) is 25.2 Å². The molecule has 0 amide bonds. The molecule has 3 atom stereocenters. The molecule has 0 spiro atoms. The van der Waals surface area contributed by atoms with Crippen LogP contribution in [0.4, 0.5) is 10.2 Å². The Balaban J connectivity index is 1.04. The number of ether oxygens (including phenoxy) is 2. The van der Waals surface area contributed by atoms with Crippen molar-refractivity contribution < 1.29 is 13.9 Å². The Bertz CT molecular complexity index is 1160. The number of fused-ring (bicyclic) bond motifs is 2. The van der Waals surface area contributed by atoms with Crippen LogP contribution in [0.25, 0.3) is 11.3 Å². The number of nitrogens with zero attached hydrogens (tertiary/aromatic N) is 3. The molecule has 2 fully saturated rings. The minimum atomic E-state index is -0.344. The van der Waals surface area contributed by atoms with Gasteiger partial charge in [-0.2, -0.15) is 0 Å². The zero-order valence-electron chi connectivity index (χ0n) is 18.0. The van der Waals surface area contributed by atoms with Crippen molar-refractivity contribution in [1.29, 1.82) is 0 Å². The standard InChI is InChI=1S/C25H24ClFN4O2/c26-21-3-2-18(27)10-20(21)22-4-6-25(30-29-22)28-19-8-16-12-31(13-17(16)9-19)11-15-1-5-23-24(7-15)33-14-32-23/h1-7,10,16-17,19H,8-9,11-14H2,(H,28,30)/t16-,17?,19+/m0/s1. The molecule has 2 aromatic carbocycles. The summed E-state index contributed by atoms with van der Waals surface area (Å²) in [7, 11) is 0. The van der Waals surface area contributed by atoms with Crippen LogP contribution < -0.4 is 14.8 Å². The van der Waals surface area contributed by atoms with Crippen LogP contribution in [0.15, 0.2) is 48.5 Å². The number of halogens is 2. The monoisotopic (exact) mass is 466 g/mol. The Morgan fingerprint density at radius 2 is 1.79 bits per heavy atom. The zero-order valence-corrected chi connectivity index (χ0v) is 18.8. The van der Waals surface area contributed by atoms with Crippen LogP contribution in [0.5, 0.6) is 11.5 Å². The third-order valence-electron chi connectivity index (χ3n) is 6.89. The fourth-order valence-corrected chi connectivity index (χ4v) is 5.61. The maximum Gasteiger partial charge on any atom is 0.231 e. The molecule has 0 radical (unpaired) electrons. The van der Waals surface area contributed by atoms with Crippen molar-refractivity contribution in [3.8, 4) is 22.8 Å². The number of anilines is 1. The highest BCUT2D eigenvalue weighted by Crippen LogP contribution is 2.40. The molecule has 1 aromatic heterocycles. The molecular weight excluding hydrogens is 443 g/mol. The van der Waals surface area contributed by atoms with Crippen LogP contribution in [-0.2, 0) is 6.54 Å². The van der Waals surface area contributed by atoms with Gasteiger partial charge in [0.25, 0.3) is 0 Å². The molecule has 33 heavy (non-hydrogen) atoms. The number of hydrogen-bond donors (Lipinski definition) is 1. The first kappa shape index (κ1) is 20.7. The van der Waals surface area contributed by atoms with E-state index < -0.39 is 0 Å². The third kappa shape index (κ3) is 4.23. The Morgan fingerprint density at radius 3 is 2.58 bits per heavy atom. The van der Waals surface area contributed by atoms with Gasteiger partial charge in [0, 0.05) is 31.2 Å². The molecule has 170 valence electrons. The summed E-state index contributed by atoms with van der Waals surface area (Å²) in [6, 6.07) is 14.6. The van der Waals surface area contributed by atoms with E-state index in [1.807, 2.05) is 18.2 Å². The van der Waals surface area contributed by atoms with E-state index in [1.165, 1.54) is 23.8 Å². The lowest BCUT2D eigenvalue weighted by atomic mass is 10.0. The van der Waals surface area contributed by atoms with E-state index in [1.54, 1.807) is 0 Å². The average molecular weight is 467 g/mol. The van der Waals surface area contributed by atoms with Crippen molar-refractivity contribution in [1.82, 2.24) is 15.1 Å². The highest BCUT2D eigenvalue weighted by molar-refractivity contribution is 6.33. The minimum Gasteiger partial charge on any atom is -0.454 e. The number of likely N-dealkylation sites (tertiary alicyclic amines) is 1. The molecule has 1 aliphatic carbocycles. The Hall–Kier alpha value is -2.90. The molecule has 1 saturated carbocycles. The fraction of sp³-hybridized carbons (Fsp3) is 0.360. The highest BCUT2D eigenvalue weighted by atomic mass is 35.5. The van der Waals surface area contributed by atoms with Crippen molar-refractivity contribution in [3.05, 3.63) is 64.9 Å². The van der Waals surface area contributed by atoms with Crippen molar-refractivity contribution in [2.45, 2.75) is 25.4 Å². The number of benzene rings is 2. The second kappa shape index (κ2) is 8.47. The third-order valence-corrected chi connectivity index (χ3v) is 7.22. The van der Waals surface area contributed by atoms with Crippen LogP contribution in [-0.4, -0.2) is 41.0 Å². The van der Waals surface area contributed by atoms with Gasteiger partial charge in [-0.25, -0.2) is 4.39 Å². The molecule has 6 rings (SSSR count). The summed E-state index contributed by atoms with van der Waals surface area (Å²) >= 11 is 6.18. The maximum atomic E-state index is 13.6. The molecule has 1 unspecified atom stereocenters. The van der Waals surface area contributed by atoms with E-state index in [0.29, 0.717) is 41.0 Å². The van der Waals surface area contributed by atoms with Gasteiger partial charge in [0.15, 0.2) is 11.5 Å². The van der Waals surface area contributed by atoms with Crippen LogP contribution in [0, 0.1) is 17.7 Å². The second-order valence-corrected chi connectivity index (χ2v) is 9.55. The van der Waals surface area contributed by atoms with Gasteiger partial charge in [-0.1, -0.05) is 17.7 Å². The Morgan fingerprint density at radius 1 is 0.970 bits per heavy atom. The highest BCUT2D eigenvalue weighted by Gasteiger charge is 2.40. The van der Waals surface area contributed by atoms with Crippen molar-refractivity contribution in [3.63, 3.8) is 0 Å². The van der Waals surface area contributed by atoms with Gasteiger partial charge >= 0.3 is 0 Å². The van der Waals surface area contributed by atoms with Crippen LogP contribution >= 0.6 is 11.6 Å². The molecule has 3 heterocycles. The van der Waals surface area contributed by atoms with Gasteiger partial charge in [-0.05, 0) is 72.7 Å². The summed E-state index contributed by atoms with van der Waals surface area (Å²) in [5, 5.41) is 12.6. The van der Waals surface area contributed by atoms with E-state index in [0.717, 1.165) is 49.8 Å². The summed E-state index contributed by atoms with van der Waals surface area (Å²) in [6.07, 6.45) is 2.25. The van der Waals surface area contributed by atoms with E-state index >= 15 is 0 Å². The molecule has 1 N–H and O–H groups in total. The van der Waals surface area contributed by atoms with Crippen LogP contribution in [0.2, 0.25) is 5.02 Å². The van der Waals surface area contributed by atoms with E-state index in [-0.39, 0.29) is 5.82 Å². The molecule has 3 aliphatic rings. The van der Waals surface area contributed by atoms with Gasteiger partial charge in [0.05, 0.1) is 10.7 Å². The van der Waals surface area contributed by atoms with E-state index in [4.69, 9.17) is 21.1 Å². The first-order valence-corrected chi connectivity index (χ1v) is 11.6. The van der Waals surface area contributed by atoms with Crippen molar-refractivity contribution in [2.24, 2.45) is 11.8 Å². The molecule has 2 aliphatic heterocycles. The lowest BCUT2D eigenvalue weighted by Crippen LogP contribution is -2.25. The van der Waals surface area contributed by atoms with Gasteiger partial charge in [-0.15, -0.1) is 10.2 Å². The molecule has 1 saturated heterocycles. The smallest absolute Gasteiger partial charge is 0.231 e. The predicted octanol–water partition coefficient (Wildman–Crippen LogP) is 4.99. The predicted molar refractivity (Wildman–Crippen MR) is 124 cm³/mol. The zero-order chi connectivity index (χ0) is 22.4. The van der Waals surface area contributed by atoms with Gasteiger partial charge in [0.2, 0.25) is 6.79 Å². The first-order chi connectivity index (χ1) is 16.1. The first-order valence-electron chi connectivity index (χ1n) is 11.3. The summed E-state index contributed by atoms with van der Waals surface area (Å²) in [4.78, 5) is 2.54. The quantitative estimate of drug-likeness (QED) is 0.571. The largest absolute Gasteiger partial charge is 0.454 e. The van der Waals surface area contributed by atoms with E-state index in [2.05, 4.69) is 32.5 Å². The van der Waals surface area contributed by atoms with Gasteiger partial charge in [-0.3, -0.25) is 4.90 Å². The number of nitrogens with one attached hydrogen (secondary N) is 1. The van der Waals surface area contributed by atoms with Crippen LogP contribution in [0.1, 0.15) is 18.4 Å². The fourth-order valence-electron chi connectivity index (χ4n) is 5.40. The number of aromatic nitrogens is 2. The molecule has 3 aromatic rings. The summed E-state index contributed by atoms with van der Waals surface area (Å²) in [5.41, 5.74) is 2.38. The van der Waals surface area contributed by atoms with Crippen LogP contribution in [0.3, 0.4) is 0 Å². The average Bonchev–Trinajstić information content (AvgIpc) is 3.51. The molecule has 8 heteroatoms. The lowest BCUT2D eigenvalue weighted by Gasteiger charge is -2.20. The number of hydrogen-bond acceptors (Lipinski definition) is 6. The van der Waals surface area contributed by atoms with Gasteiger partial charge < -0.3 is 14.8 Å². The molecule has 0 bridgehead atoms. The lowest BCUT2D eigenvalue weighted by molar-refractivity contribution is 0.174. The number of rotatable bonds is 5. The summed E-state index contributed by atoms with van der Waals surface area (Å²) in [5.74, 6) is 3.46. The molecule has 6 nitrogen and oxygen atoms in total. The summed E-state index contributed by atoms with van der Waals surface area (Å²) in [6.45, 7) is 3.48.